The highest BCUT2D eigenvalue weighted by atomic mass is 32.2. The van der Waals surface area contributed by atoms with Crippen molar-refractivity contribution in [3.8, 4) is 6.07 Å². The van der Waals surface area contributed by atoms with Crippen LogP contribution >= 0.6 is 0 Å². The van der Waals surface area contributed by atoms with Crippen molar-refractivity contribution < 1.29 is 17.9 Å². The Labute approximate surface area is 147 Å². The van der Waals surface area contributed by atoms with Crippen LogP contribution in [0.5, 0.6) is 0 Å². The lowest BCUT2D eigenvalue weighted by atomic mass is 10.2. The zero-order valence-electron chi connectivity index (χ0n) is 14.4. The molecule has 1 aromatic rings. The maximum Gasteiger partial charge on any atom is 0.350 e. The molecule has 0 saturated heterocycles. The minimum atomic E-state index is -3.89. The van der Waals surface area contributed by atoms with Crippen molar-refractivity contribution in [3.63, 3.8) is 0 Å². The van der Waals surface area contributed by atoms with E-state index in [-0.39, 0.29) is 17.1 Å². The van der Waals surface area contributed by atoms with Crippen LogP contribution in [0, 0.1) is 11.3 Å². The van der Waals surface area contributed by atoms with Gasteiger partial charge >= 0.3 is 5.97 Å². The highest BCUT2D eigenvalue weighted by Crippen LogP contribution is 2.29. The molecule has 0 aliphatic rings. The summed E-state index contributed by atoms with van der Waals surface area (Å²) in [6.07, 6.45) is 1.19. The molecule has 9 heteroatoms. The molecule has 1 aromatic carbocycles. The van der Waals surface area contributed by atoms with E-state index in [0.29, 0.717) is 18.8 Å². The van der Waals surface area contributed by atoms with Crippen molar-refractivity contribution >= 4 is 27.4 Å². The van der Waals surface area contributed by atoms with E-state index in [9.17, 15) is 13.2 Å². The van der Waals surface area contributed by atoms with E-state index in [1.807, 2.05) is 18.7 Å². The standard InChI is InChI=1S/C16H22N4O4S/c1-4-20(5-2)15-8-7-13(25(18,22)23)9-14(15)19-11-12(10-17)16(21)24-6-3/h7-9,11,19H,4-6H2,1-3H3,(H2,18,22,23)/b12-11+. The molecular formula is C16H22N4O4S. The van der Waals surface area contributed by atoms with Gasteiger partial charge in [-0.1, -0.05) is 0 Å². The van der Waals surface area contributed by atoms with Gasteiger partial charge in [0.1, 0.15) is 6.07 Å². The van der Waals surface area contributed by atoms with Crippen LogP contribution < -0.4 is 15.4 Å². The molecule has 0 bridgehead atoms. The summed E-state index contributed by atoms with van der Waals surface area (Å²) in [5.74, 6) is -0.760. The average molecular weight is 366 g/mol. The van der Waals surface area contributed by atoms with E-state index in [1.165, 1.54) is 18.3 Å². The van der Waals surface area contributed by atoms with Crippen LogP contribution in [0.4, 0.5) is 11.4 Å². The summed E-state index contributed by atoms with van der Waals surface area (Å²) in [6, 6.07) is 6.14. The van der Waals surface area contributed by atoms with Crippen LogP contribution in [-0.4, -0.2) is 34.1 Å². The van der Waals surface area contributed by atoms with E-state index in [4.69, 9.17) is 15.1 Å². The molecule has 8 nitrogen and oxygen atoms in total. The van der Waals surface area contributed by atoms with Gasteiger partial charge in [-0.25, -0.2) is 18.4 Å². The second kappa shape index (κ2) is 9.05. The van der Waals surface area contributed by atoms with Crippen molar-refractivity contribution in [2.75, 3.05) is 29.9 Å². The zero-order chi connectivity index (χ0) is 19.0. The molecule has 0 saturated carbocycles. The molecule has 0 heterocycles. The number of hydrogen-bond acceptors (Lipinski definition) is 7. The fourth-order valence-electron chi connectivity index (χ4n) is 2.14. The zero-order valence-corrected chi connectivity index (χ0v) is 15.3. The molecule has 0 amide bonds. The first kappa shape index (κ1) is 20.5. The number of benzene rings is 1. The first-order chi connectivity index (χ1) is 11.8. The van der Waals surface area contributed by atoms with Gasteiger partial charge in [0, 0.05) is 19.3 Å². The van der Waals surface area contributed by atoms with Gasteiger partial charge in [-0.3, -0.25) is 0 Å². The number of ether oxygens (including phenoxy) is 1. The molecule has 0 aliphatic heterocycles. The number of rotatable bonds is 8. The Hall–Kier alpha value is -2.57. The number of nitrogens with zero attached hydrogens (tertiary/aromatic N) is 2. The molecule has 3 N–H and O–H groups in total. The topological polar surface area (TPSA) is 126 Å². The Bertz CT molecular complexity index is 793. The Morgan fingerprint density at radius 2 is 2.00 bits per heavy atom. The quantitative estimate of drug-likeness (QED) is 0.406. The monoisotopic (exact) mass is 366 g/mol. The molecule has 0 unspecified atom stereocenters. The lowest BCUT2D eigenvalue weighted by molar-refractivity contribution is -0.138. The minimum Gasteiger partial charge on any atom is -0.462 e. The third-order valence-electron chi connectivity index (χ3n) is 3.39. The Morgan fingerprint density at radius 3 is 2.48 bits per heavy atom. The van der Waals surface area contributed by atoms with Crippen LogP contribution in [0.25, 0.3) is 0 Å². The number of carbonyl (C=O) groups excluding carboxylic acids is 1. The van der Waals surface area contributed by atoms with Gasteiger partial charge in [-0.15, -0.1) is 0 Å². The lowest BCUT2D eigenvalue weighted by Gasteiger charge is -2.24. The van der Waals surface area contributed by atoms with Crippen molar-refractivity contribution in [2.24, 2.45) is 5.14 Å². The van der Waals surface area contributed by atoms with E-state index in [1.54, 1.807) is 19.1 Å². The van der Waals surface area contributed by atoms with Crippen molar-refractivity contribution in [1.82, 2.24) is 0 Å². The van der Waals surface area contributed by atoms with Crippen LogP contribution in [-0.2, 0) is 19.6 Å². The molecule has 0 aromatic heterocycles. The SMILES string of the molecule is CCOC(=O)/C(C#N)=C/Nc1cc(S(N)(=O)=O)ccc1N(CC)CC. The number of nitrogens with two attached hydrogens (primary N) is 1. The molecule has 0 atom stereocenters. The summed E-state index contributed by atoms with van der Waals surface area (Å²) in [5.41, 5.74) is 0.899. The normalized spacial score (nSPS) is 11.6. The van der Waals surface area contributed by atoms with Gasteiger partial charge in [0.2, 0.25) is 10.0 Å². The predicted molar refractivity (Wildman–Crippen MR) is 95.3 cm³/mol. The van der Waals surface area contributed by atoms with E-state index in [0.717, 1.165) is 5.69 Å². The number of hydrogen-bond donors (Lipinski definition) is 2. The number of primary sulfonamides is 1. The summed E-state index contributed by atoms with van der Waals surface area (Å²) in [4.78, 5) is 13.6. The third-order valence-corrected chi connectivity index (χ3v) is 4.30. The van der Waals surface area contributed by atoms with Gasteiger partial charge in [0.05, 0.1) is 22.9 Å². The minimum absolute atomic E-state index is 0.0750. The number of sulfonamides is 1. The first-order valence-electron chi connectivity index (χ1n) is 7.74. The smallest absolute Gasteiger partial charge is 0.350 e. The summed E-state index contributed by atoms with van der Waals surface area (Å²) in [6.45, 7) is 7.06. The van der Waals surface area contributed by atoms with Gasteiger partial charge in [0.15, 0.2) is 5.57 Å². The molecule has 0 fully saturated rings. The first-order valence-corrected chi connectivity index (χ1v) is 9.28. The number of esters is 1. The summed E-state index contributed by atoms with van der Waals surface area (Å²) < 4.78 is 28.0. The maximum atomic E-state index is 11.7. The summed E-state index contributed by atoms with van der Waals surface area (Å²) in [5, 5.41) is 17.1. The third kappa shape index (κ3) is 5.48. The van der Waals surface area contributed by atoms with Crippen LogP contribution in [0.2, 0.25) is 0 Å². The second-order valence-electron chi connectivity index (χ2n) is 4.93. The number of nitriles is 1. The molecule has 136 valence electrons. The molecule has 0 radical (unpaired) electrons. The average Bonchev–Trinajstić information content (AvgIpc) is 2.56. The van der Waals surface area contributed by atoms with Crippen molar-refractivity contribution in [3.05, 3.63) is 30.0 Å². The highest BCUT2D eigenvalue weighted by molar-refractivity contribution is 7.89. The Balaban J connectivity index is 3.34. The highest BCUT2D eigenvalue weighted by Gasteiger charge is 2.15. The molecule has 0 aliphatic carbocycles. The second-order valence-corrected chi connectivity index (χ2v) is 6.49. The van der Waals surface area contributed by atoms with Crippen molar-refractivity contribution in [2.45, 2.75) is 25.7 Å². The largest absolute Gasteiger partial charge is 0.462 e. The molecule has 25 heavy (non-hydrogen) atoms. The Morgan fingerprint density at radius 1 is 1.36 bits per heavy atom. The molecule has 1 rings (SSSR count). The van der Waals surface area contributed by atoms with E-state index < -0.39 is 16.0 Å². The van der Waals surface area contributed by atoms with Gasteiger partial charge in [-0.2, -0.15) is 5.26 Å². The predicted octanol–water partition coefficient (Wildman–Crippen LogP) is 1.56. The maximum absolute atomic E-state index is 11.7. The van der Waals surface area contributed by atoms with Gasteiger partial charge in [-0.05, 0) is 39.0 Å². The number of carbonyl (C=O) groups is 1. The molecule has 0 spiro atoms. The van der Waals surface area contributed by atoms with E-state index in [2.05, 4.69) is 5.32 Å². The summed E-state index contributed by atoms with van der Waals surface area (Å²) in [7, 11) is -3.89. The van der Waals surface area contributed by atoms with Gasteiger partial charge < -0.3 is 15.0 Å². The number of nitrogens with one attached hydrogen (secondary N) is 1. The van der Waals surface area contributed by atoms with Gasteiger partial charge in [0.25, 0.3) is 0 Å². The fraction of sp³-hybridized carbons (Fsp3) is 0.375. The van der Waals surface area contributed by atoms with E-state index >= 15 is 0 Å². The van der Waals surface area contributed by atoms with Crippen LogP contribution in [0.1, 0.15) is 20.8 Å². The molecular weight excluding hydrogens is 344 g/mol. The summed E-state index contributed by atoms with van der Waals surface area (Å²) >= 11 is 0. The van der Waals surface area contributed by atoms with Crippen molar-refractivity contribution in [1.29, 1.82) is 5.26 Å². The van der Waals surface area contributed by atoms with Crippen LogP contribution in [0.15, 0.2) is 34.9 Å². The lowest BCUT2D eigenvalue weighted by Crippen LogP contribution is -2.23. The van der Waals surface area contributed by atoms with Crippen LogP contribution in [0.3, 0.4) is 0 Å². The Kier molecular flexibility index (Phi) is 7.42. The number of anilines is 2. The fourth-order valence-corrected chi connectivity index (χ4v) is 2.68.